The Balaban J connectivity index is 2.26. The van der Waals surface area contributed by atoms with Gasteiger partial charge in [-0.2, -0.15) is 4.39 Å². The zero-order chi connectivity index (χ0) is 12.0. The smallest absolute Gasteiger partial charge is 0.255 e. The summed E-state index contributed by atoms with van der Waals surface area (Å²) in [5.74, 6) is -0.462. The quantitative estimate of drug-likeness (QED) is 0.564. The third kappa shape index (κ3) is 3.84. The molecule has 16 heavy (non-hydrogen) atoms. The van der Waals surface area contributed by atoms with Crippen molar-refractivity contribution < 1.29 is 13.9 Å². The predicted molar refractivity (Wildman–Crippen MR) is 57.6 cm³/mol. The first kappa shape index (κ1) is 12.4. The van der Waals surface area contributed by atoms with E-state index in [-0.39, 0.29) is 11.7 Å². The van der Waals surface area contributed by atoms with E-state index in [9.17, 15) is 9.18 Å². The zero-order valence-electron chi connectivity index (χ0n) is 9.44. The van der Waals surface area contributed by atoms with E-state index in [0.717, 1.165) is 0 Å². The number of rotatable bonds is 5. The fraction of sp³-hybridized carbons (Fsp3) is 0.455. The maximum atomic E-state index is 13.0. The summed E-state index contributed by atoms with van der Waals surface area (Å²) in [4.78, 5) is 16.2. The van der Waals surface area contributed by atoms with Crippen molar-refractivity contribution in [2.24, 2.45) is 0 Å². The largest absolute Gasteiger partial charge is 0.489 e. The average molecular weight is 226 g/mol. The van der Waals surface area contributed by atoms with E-state index in [4.69, 9.17) is 4.74 Å². The Morgan fingerprint density at radius 1 is 1.56 bits per heavy atom. The van der Waals surface area contributed by atoms with Crippen LogP contribution < -0.4 is 4.74 Å². The molecule has 0 atom stereocenters. The van der Waals surface area contributed by atoms with Gasteiger partial charge in [0.15, 0.2) is 5.75 Å². The summed E-state index contributed by atoms with van der Waals surface area (Å²) >= 11 is 0. The van der Waals surface area contributed by atoms with Crippen LogP contribution in [-0.2, 0) is 4.79 Å². The molecule has 1 rings (SSSR count). The van der Waals surface area contributed by atoms with Gasteiger partial charge in [-0.15, -0.1) is 0 Å². The zero-order valence-corrected chi connectivity index (χ0v) is 9.44. The SMILES string of the molecule is CN(C)C(=O)CCCOc1cccnc1F. The normalized spacial score (nSPS) is 9.94. The molecule has 0 fully saturated rings. The van der Waals surface area contributed by atoms with Crippen molar-refractivity contribution >= 4 is 5.91 Å². The fourth-order valence-electron chi connectivity index (χ4n) is 1.11. The van der Waals surface area contributed by atoms with Gasteiger partial charge in [-0.1, -0.05) is 0 Å². The molecule has 1 amide bonds. The number of halogens is 1. The van der Waals surface area contributed by atoms with Crippen molar-refractivity contribution in [2.45, 2.75) is 12.8 Å². The minimum absolute atomic E-state index is 0.0373. The van der Waals surface area contributed by atoms with Gasteiger partial charge in [0.1, 0.15) is 0 Å². The highest BCUT2D eigenvalue weighted by Gasteiger charge is 2.05. The van der Waals surface area contributed by atoms with E-state index in [1.54, 1.807) is 20.2 Å². The molecule has 0 N–H and O–H groups in total. The second-order valence-corrected chi connectivity index (χ2v) is 3.53. The van der Waals surface area contributed by atoms with Crippen LogP contribution in [0.25, 0.3) is 0 Å². The first-order chi connectivity index (χ1) is 7.61. The van der Waals surface area contributed by atoms with Crippen LogP contribution in [-0.4, -0.2) is 36.5 Å². The fourth-order valence-corrected chi connectivity index (χ4v) is 1.11. The molecule has 0 unspecified atom stereocenters. The van der Waals surface area contributed by atoms with E-state index >= 15 is 0 Å². The Kier molecular flexibility index (Phi) is 4.69. The summed E-state index contributed by atoms with van der Waals surface area (Å²) in [5.41, 5.74) is 0. The van der Waals surface area contributed by atoms with Crippen molar-refractivity contribution in [2.75, 3.05) is 20.7 Å². The van der Waals surface area contributed by atoms with Gasteiger partial charge in [0.05, 0.1) is 6.61 Å². The van der Waals surface area contributed by atoms with Gasteiger partial charge in [-0.3, -0.25) is 4.79 Å². The lowest BCUT2D eigenvalue weighted by molar-refractivity contribution is -0.128. The summed E-state index contributed by atoms with van der Waals surface area (Å²) in [6, 6.07) is 3.11. The monoisotopic (exact) mass is 226 g/mol. The Hall–Kier alpha value is -1.65. The molecule has 5 heteroatoms. The molecule has 0 aliphatic carbocycles. The Labute approximate surface area is 94.0 Å². The molecule has 0 saturated heterocycles. The van der Waals surface area contributed by atoms with Crippen LogP contribution in [0.5, 0.6) is 5.75 Å². The van der Waals surface area contributed by atoms with Crippen molar-refractivity contribution in [1.82, 2.24) is 9.88 Å². The van der Waals surface area contributed by atoms with Crippen molar-refractivity contribution in [1.29, 1.82) is 0 Å². The van der Waals surface area contributed by atoms with Gasteiger partial charge in [0, 0.05) is 26.7 Å². The van der Waals surface area contributed by atoms with Crippen LogP contribution in [0.3, 0.4) is 0 Å². The van der Waals surface area contributed by atoms with Gasteiger partial charge in [0.25, 0.3) is 5.95 Å². The summed E-state index contributed by atoms with van der Waals surface area (Å²) in [6.07, 6.45) is 2.32. The molecule has 1 heterocycles. The van der Waals surface area contributed by atoms with Crippen molar-refractivity contribution in [3.05, 3.63) is 24.3 Å². The molecular formula is C11H15FN2O2. The number of hydrogen-bond acceptors (Lipinski definition) is 3. The topological polar surface area (TPSA) is 42.4 Å². The highest BCUT2D eigenvalue weighted by atomic mass is 19.1. The minimum Gasteiger partial charge on any atom is -0.489 e. The Morgan fingerprint density at radius 3 is 2.94 bits per heavy atom. The van der Waals surface area contributed by atoms with Gasteiger partial charge in [-0.25, -0.2) is 4.98 Å². The van der Waals surface area contributed by atoms with E-state index in [1.165, 1.54) is 17.2 Å². The van der Waals surface area contributed by atoms with Gasteiger partial charge in [0.2, 0.25) is 5.91 Å². The number of pyridine rings is 1. The molecule has 1 aromatic heterocycles. The Morgan fingerprint density at radius 2 is 2.31 bits per heavy atom. The molecule has 0 saturated carbocycles. The third-order valence-electron chi connectivity index (χ3n) is 2.02. The summed E-state index contributed by atoms with van der Waals surface area (Å²) in [6.45, 7) is 0.308. The second-order valence-electron chi connectivity index (χ2n) is 3.53. The number of hydrogen-bond donors (Lipinski definition) is 0. The van der Waals surface area contributed by atoms with E-state index in [0.29, 0.717) is 19.4 Å². The van der Waals surface area contributed by atoms with Gasteiger partial charge >= 0.3 is 0 Å². The van der Waals surface area contributed by atoms with Crippen LogP contribution in [0.2, 0.25) is 0 Å². The van der Waals surface area contributed by atoms with Crippen LogP contribution in [0.4, 0.5) is 4.39 Å². The van der Waals surface area contributed by atoms with Crippen LogP contribution >= 0.6 is 0 Å². The Bertz CT molecular complexity index is 356. The highest BCUT2D eigenvalue weighted by Crippen LogP contribution is 2.13. The average Bonchev–Trinajstić information content (AvgIpc) is 2.26. The van der Waals surface area contributed by atoms with Crippen molar-refractivity contribution in [3.8, 4) is 5.75 Å². The molecule has 0 aromatic carbocycles. The van der Waals surface area contributed by atoms with Crippen LogP contribution in [0.1, 0.15) is 12.8 Å². The number of aromatic nitrogens is 1. The lowest BCUT2D eigenvalue weighted by Crippen LogP contribution is -2.21. The van der Waals surface area contributed by atoms with Crippen LogP contribution in [0.15, 0.2) is 18.3 Å². The summed E-state index contributed by atoms with van der Waals surface area (Å²) in [5, 5.41) is 0. The number of amides is 1. The lowest BCUT2D eigenvalue weighted by atomic mass is 10.3. The number of nitrogens with zero attached hydrogens (tertiary/aromatic N) is 2. The maximum Gasteiger partial charge on any atom is 0.255 e. The third-order valence-corrected chi connectivity index (χ3v) is 2.02. The van der Waals surface area contributed by atoms with Gasteiger partial charge in [-0.05, 0) is 18.6 Å². The predicted octanol–water partition coefficient (Wildman–Crippen LogP) is 1.47. The molecular weight excluding hydrogens is 211 g/mol. The standard InChI is InChI=1S/C11H15FN2O2/c1-14(2)10(15)6-4-8-16-9-5-3-7-13-11(9)12/h3,5,7H,4,6,8H2,1-2H3. The molecule has 0 aliphatic rings. The maximum absolute atomic E-state index is 13.0. The first-order valence-corrected chi connectivity index (χ1v) is 5.04. The van der Waals surface area contributed by atoms with E-state index < -0.39 is 5.95 Å². The van der Waals surface area contributed by atoms with Gasteiger partial charge < -0.3 is 9.64 Å². The number of carbonyl (C=O) groups is 1. The molecule has 0 radical (unpaired) electrons. The molecule has 4 nitrogen and oxygen atoms in total. The second kappa shape index (κ2) is 6.05. The van der Waals surface area contributed by atoms with E-state index in [2.05, 4.69) is 4.98 Å². The molecule has 0 bridgehead atoms. The number of carbonyl (C=O) groups excluding carboxylic acids is 1. The summed E-state index contributed by atoms with van der Waals surface area (Å²) < 4.78 is 18.2. The van der Waals surface area contributed by atoms with E-state index in [1.807, 2.05) is 0 Å². The molecule has 0 aliphatic heterocycles. The van der Waals surface area contributed by atoms with Crippen LogP contribution in [0, 0.1) is 5.95 Å². The van der Waals surface area contributed by atoms with Crippen molar-refractivity contribution in [3.63, 3.8) is 0 Å². The molecule has 0 spiro atoms. The first-order valence-electron chi connectivity index (χ1n) is 5.04. The molecule has 1 aromatic rings. The minimum atomic E-state index is -0.624. The lowest BCUT2D eigenvalue weighted by Gasteiger charge is -2.10. The number of ether oxygens (including phenoxy) is 1. The highest BCUT2D eigenvalue weighted by molar-refractivity contribution is 5.75. The molecule has 88 valence electrons. The summed E-state index contributed by atoms with van der Waals surface area (Å²) in [7, 11) is 3.40.